The minimum absolute atomic E-state index is 0.208. The first-order valence-corrected chi connectivity index (χ1v) is 7.97. The number of aromatic nitrogens is 1. The molecule has 0 fully saturated rings. The molecular formula is C16H22N2O2S. The summed E-state index contributed by atoms with van der Waals surface area (Å²) in [6, 6.07) is 6.27. The molecule has 1 N–H and O–H groups in total. The Bertz CT molecular complexity index is 583. The first-order chi connectivity index (χ1) is 10.2. The van der Waals surface area contributed by atoms with Gasteiger partial charge in [0.2, 0.25) is 0 Å². The zero-order chi connectivity index (χ0) is 15.2. The molecule has 5 heteroatoms. The molecule has 2 rings (SSSR count). The van der Waals surface area contributed by atoms with E-state index >= 15 is 0 Å². The molecule has 0 saturated heterocycles. The van der Waals surface area contributed by atoms with E-state index in [2.05, 4.69) is 30.2 Å². The zero-order valence-corrected chi connectivity index (χ0v) is 13.8. The minimum atomic E-state index is 0.208. The van der Waals surface area contributed by atoms with E-state index in [1.807, 2.05) is 19.1 Å². The monoisotopic (exact) mass is 306 g/mol. The number of nitrogens with one attached hydrogen (secondary N) is 1. The van der Waals surface area contributed by atoms with Crippen LogP contribution in [0.25, 0.3) is 0 Å². The number of nitrogens with zero attached hydrogens (tertiary/aromatic N) is 1. The summed E-state index contributed by atoms with van der Waals surface area (Å²) in [5.41, 5.74) is 2.04. The van der Waals surface area contributed by atoms with E-state index in [0.29, 0.717) is 5.22 Å². The third-order valence-electron chi connectivity index (χ3n) is 3.17. The fourth-order valence-electron chi connectivity index (χ4n) is 2.15. The molecule has 0 bridgehead atoms. The Balaban J connectivity index is 2.30. The highest BCUT2D eigenvalue weighted by atomic mass is 32.2. The first kappa shape index (κ1) is 15.9. The SMILES string of the molecule is CCCNC(C)c1c(OC)cccc1Sc1nc(C)co1. The van der Waals surface area contributed by atoms with Crippen molar-refractivity contribution < 1.29 is 9.15 Å². The molecule has 0 aliphatic rings. The van der Waals surface area contributed by atoms with Crippen LogP contribution in [0.15, 0.2) is 39.0 Å². The van der Waals surface area contributed by atoms with Crippen LogP contribution in [0.2, 0.25) is 0 Å². The van der Waals surface area contributed by atoms with Gasteiger partial charge in [-0.3, -0.25) is 0 Å². The van der Waals surface area contributed by atoms with Crippen molar-refractivity contribution in [3.8, 4) is 5.75 Å². The molecule has 1 aromatic heterocycles. The average molecular weight is 306 g/mol. The van der Waals surface area contributed by atoms with Crippen LogP contribution in [-0.4, -0.2) is 18.6 Å². The van der Waals surface area contributed by atoms with Crippen LogP contribution in [0.5, 0.6) is 5.75 Å². The number of ether oxygens (including phenoxy) is 1. The second-order valence-corrected chi connectivity index (χ2v) is 5.90. The van der Waals surface area contributed by atoms with Gasteiger partial charge in [-0.1, -0.05) is 13.0 Å². The Morgan fingerprint density at radius 1 is 1.43 bits per heavy atom. The molecule has 21 heavy (non-hydrogen) atoms. The standard InChI is InChI=1S/C16H22N2O2S/c1-5-9-17-12(3)15-13(19-4)7-6-8-14(15)21-16-18-11(2)10-20-16/h6-8,10,12,17H,5,9H2,1-4H3. The molecule has 0 radical (unpaired) electrons. The van der Waals surface area contributed by atoms with Gasteiger partial charge in [-0.2, -0.15) is 0 Å². The summed E-state index contributed by atoms with van der Waals surface area (Å²) in [5.74, 6) is 0.888. The second kappa shape index (κ2) is 7.52. The molecule has 0 aliphatic carbocycles. The Morgan fingerprint density at radius 2 is 2.24 bits per heavy atom. The van der Waals surface area contributed by atoms with Crippen molar-refractivity contribution in [2.24, 2.45) is 0 Å². The molecule has 1 unspecified atom stereocenters. The summed E-state index contributed by atoms with van der Waals surface area (Å²) in [5, 5.41) is 4.17. The lowest BCUT2D eigenvalue weighted by Gasteiger charge is -2.19. The molecule has 4 nitrogen and oxygen atoms in total. The van der Waals surface area contributed by atoms with Crippen molar-refractivity contribution in [1.82, 2.24) is 10.3 Å². The summed E-state index contributed by atoms with van der Waals surface area (Å²) in [7, 11) is 1.70. The zero-order valence-electron chi connectivity index (χ0n) is 13.0. The lowest BCUT2D eigenvalue weighted by molar-refractivity contribution is 0.399. The lowest BCUT2D eigenvalue weighted by atomic mass is 10.1. The molecular weight excluding hydrogens is 284 g/mol. The van der Waals surface area contributed by atoms with Gasteiger partial charge in [-0.25, -0.2) is 4.98 Å². The van der Waals surface area contributed by atoms with Crippen LogP contribution < -0.4 is 10.1 Å². The number of hydrogen-bond donors (Lipinski definition) is 1. The van der Waals surface area contributed by atoms with E-state index < -0.39 is 0 Å². The summed E-state index contributed by atoms with van der Waals surface area (Å²) < 4.78 is 11.0. The van der Waals surface area contributed by atoms with Gasteiger partial charge in [0.25, 0.3) is 5.22 Å². The fraction of sp³-hybridized carbons (Fsp3) is 0.438. The number of rotatable bonds is 7. The third-order valence-corrected chi connectivity index (χ3v) is 4.11. The number of hydrogen-bond acceptors (Lipinski definition) is 5. The van der Waals surface area contributed by atoms with Gasteiger partial charge in [-0.05, 0) is 50.7 Å². The molecule has 1 heterocycles. The first-order valence-electron chi connectivity index (χ1n) is 7.16. The molecule has 114 valence electrons. The van der Waals surface area contributed by atoms with E-state index in [1.54, 1.807) is 13.4 Å². The molecule has 0 aliphatic heterocycles. The Morgan fingerprint density at radius 3 is 2.86 bits per heavy atom. The van der Waals surface area contributed by atoms with Crippen molar-refractivity contribution >= 4 is 11.8 Å². The summed E-state index contributed by atoms with van der Waals surface area (Å²) in [4.78, 5) is 5.46. The maximum Gasteiger partial charge on any atom is 0.260 e. The Kier molecular flexibility index (Phi) is 5.70. The Hall–Kier alpha value is -1.46. The summed E-state index contributed by atoms with van der Waals surface area (Å²) >= 11 is 1.53. The van der Waals surface area contributed by atoms with Crippen molar-refractivity contribution in [2.45, 2.75) is 43.4 Å². The highest BCUT2D eigenvalue weighted by Crippen LogP contribution is 2.38. The van der Waals surface area contributed by atoms with Gasteiger partial charge < -0.3 is 14.5 Å². The van der Waals surface area contributed by atoms with E-state index in [9.17, 15) is 0 Å². The highest BCUT2D eigenvalue weighted by Gasteiger charge is 2.17. The number of aryl methyl sites for hydroxylation is 1. The van der Waals surface area contributed by atoms with E-state index in [-0.39, 0.29) is 6.04 Å². The van der Waals surface area contributed by atoms with Crippen LogP contribution in [-0.2, 0) is 0 Å². The number of methoxy groups -OCH3 is 1. The number of oxazole rings is 1. The third kappa shape index (κ3) is 4.02. The van der Waals surface area contributed by atoms with Gasteiger partial charge in [0, 0.05) is 16.5 Å². The van der Waals surface area contributed by atoms with Crippen molar-refractivity contribution in [3.05, 3.63) is 35.7 Å². The van der Waals surface area contributed by atoms with Crippen LogP contribution in [0.4, 0.5) is 0 Å². The van der Waals surface area contributed by atoms with Crippen LogP contribution in [0.3, 0.4) is 0 Å². The predicted molar refractivity (Wildman–Crippen MR) is 85.1 cm³/mol. The topological polar surface area (TPSA) is 47.3 Å². The maximum absolute atomic E-state index is 5.53. The molecule has 1 atom stereocenters. The van der Waals surface area contributed by atoms with Crippen LogP contribution in [0.1, 0.15) is 37.6 Å². The maximum atomic E-state index is 5.53. The van der Waals surface area contributed by atoms with Gasteiger partial charge in [-0.15, -0.1) is 0 Å². The summed E-state index contributed by atoms with van der Waals surface area (Å²) in [6.45, 7) is 7.21. The molecule has 0 amide bonds. The fourth-order valence-corrected chi connectivity index (χ4v) is 3.16. The molecule has 1 aromatic carbocycles. The minimum Gasteiger partial charge on any atom is -0.496 e. The van der Waals surface area contributed by atoms with Gasteiger partial charge in [0.05, 0.1) is 12.8 Å². The van der Waals surface area contributed by atoms with Crippen molar-refractivity contribution in [3.63, 3.8) is 0 Å². The lowest BCUT2D eigenvalue weighted by Crippen LogP contribution is -2.20. The Labute approximate surface area is 130 Å². The van der Waals surface area contributed by atoms with E-state index in [1.165, 1.54) is 11.8 Å². The van der Waals surface area contributed by atoms with Crippen LogP contribution in [0, 0.1) is 6.92 Å². The molecule has 2 aromatic rings. The smallest absolute Gasteiger partial charge is 0.260 e. The molecule has 0 spiro atoms. The highest BCUT2D eigenvalue weighted by molar-refractivity contribution is 7.99. The molecule has 0 saturated carbocycles. The van der Waals surface area contributed by atoms with E-state index in [4.69, 9.17) is 9.15 Å². The quantitative estimate of drug-likeness (QED) is 0.830. The summed E-state index contributed by atoms with van der Waals surface area (Å²) in [6.07, 6.45) is 2.77. The second-order valence-electron chi connectivity index (χ2n) is 4.90. The largest absolute Gasteiger partial charge is 0.496 e. The van der Waals surface area contributed by atoms with Crippen LogP contribution >= 0.6 is 11.8 Å². The predicted octanol–water partition coefficient (Wildman–Crippen LogP) is 4.20. The van der Waals surface area contributed by atoms with Gasteiger partial charge >= 0.3 is 0 Å². The van der Waals surface area contributed by atoms with Crippen molar-refractivity contribution in [1.29, 1.82) is 0 Å². The van der Waals surface area contributed by atoms with Gasteiger partial charge in [0.1, 0.15) is 12.0 Å². The normalized spacial score (nSPS) is 12.4. The number of benzene rings is 1. The van der Waals surface area contributed by atoms with Crippen molar-refractivity contribution in [2.75, 3.05) is 13.7 Å². The van der Waals surface area contributed by atoms with Gasteiger partial charge in [0.15, 0.2) is 0 Å². The average Bonchev–Trinajstić information content (AvgIpc) is 2.89. The van der Waals surface area contributed by atoms with E-state index in [0.717, 1.165) is 34.9 Å².